The molecule has 2 aromatic rings. The second kappa shape index (κ2) is 4.71. The molecule has 76 valence electrons. The van der Waals surface area contributed by atoms with Crippen LogP contribution in [-0.4, -0.2) is 18.6 Å². The van der Waals surface area contributed by atoms with Crippen molar-refractivity contribution in [2.24, 2.45) is 0 Å². The van der Waals surface area contributed by atoms with Gasteiger partial charge in [-0.2, -0.15) is 0 Å². The Morgan fingerprint density at radius 1 is 1.27 bits per heavy atom. The summed E-state index contributed by atoms with van der Waals surface area (Å²) >= 11 is 0. The number of likely N-dealkylation sites (N-methyl/N-ethyl adjacent to an activating group) is 1. The molecule has 0 fully saturated rings. The molecule has 0 radical (unpaired) electrons. The van der Waals surface area contributed by atoms with Gasteiger partial charge in [-0.1, -0.05) is 36.4 Å². The average Bonchev–Trinajstić information content (AvgIpc) is 2.30. The van der Waals surface area contributed by atoms with E-state index in [-0.39, 0.29) is 0 Å². The predicted octanol–water partition coefficient (Wildman–Crippen LogP) is 2.47. The van der Waals surface area contributed by atoms with Crippen molar-refractivity contribution >= 4 is 16.8 Å². The quantitative estimate of drug-likeness (QED) is 0.819. The average molecular weight is 198 g/mol. The minimum absolute atomic E-state index is 0.878. The van der Waals surface area contributed by atoms with Crippen LogP contribution < -0.4 is 5.32 Å². The van der Waals surface area contributed by atoms with E-state index in [0.29, 0.717) is 0 Å². The number of aromatic nitrogens is 1. The molecule has 1 N–H and O–H groups in total. The van der Waals surface area contributed by atoms with Gasteiger partial charge in [0.1, 0.15) is 0 Å². The van der Waals surface area contributed by atoms with Gasteiger partial charge in [-0.15, -0.1) is 0 Å². The molecule has 0 aliphatic rings. The Labute approximate surface area is 89.7 Å². The molecule has 2 nitrogen and oxygen atoms in total. The van der Waals surface area contributed by atoms with Crippen molar-refractivity contribution in [1.82, 2.24) is 10.3 Å². The van der Waals surface area contributed by atoms with Crippen LogP contribution in [0.4, 0.5) is 0 Å². The van der Waals surface area contributed by atoms with Crippen molar-refractivity contribution in [2.45, 2.75) is 0 Å². The first-order valence-corrected chi connectivity index (χ1v) is 5.05. The fraction of sp³-hybridized carbons (Fsp3) is 0.154. The lowest BCUT2D eigenvalue weighted by Crippen LogP contribution is -2.03. The molecule has 0 spiro atoms. The number of nitrogens with zero attached hydrogens (tertiary/aromatic N) is 1. The van der Waals surface area contributed by atoms with Gasteiger partial charge in [0.2, 0.25) is 0 Å². The van der Waals surface area contributed by atoms with E-state index in [0.717, 1.165) is 6.54 Å². The fourth-order valence-electron chi connectivity index (χ4n) is 1.58. The molecule has 0 amide bonds. The van der Waals surface area contributed by atoms with Gasteiger partial charge in [0.25, 0.3) is 0 Å². The van der Waals surface area contributed by atoms with E-state index in [4.69, 9.17) is 0 Å². The van der Waals surface area contributed by atoms with Crippen molar-refractivity contribution in [3.8, 4) is 0 Å². The Hall–Kier alpha value is -1.67. The third kappa shape index (κ3) is 2.22. The van der Waals surface area contributed by atoms with Gasteiger partial charge in [-0.05, 0) is 12.4 Å². The molecule has 0 bridgehead atoms. The summed E-state index contributed by atoms with van der Waals surface area (Å²) in [6.45, 7) is 0.878. The summed E-state index contributed by atoms with van der Waals surface area (Å²) in [5, 5.41) is 5.51. The highest BCUT2D eigenvalue weighted by atomic mass is 14.8. The molecule has 0 atom stereocenters. The maximum Gasteiger partial charge on any atom is 0.0346 e. The standard InChI is InChI=1S/C13H14N2/c1-14-8-4-6-12-10-15-9-11-5-2-3-7-13(11)12/h2-7,9-10,14H,8H2,1H3. The van der Waals surface area contributed by atoms with E-state index < -0.39 is 0 Å². The van der Waals surface area contributed by atoms with E-state index >= 15 is 0 Å². The lowest BCUT2D eigenvalue weighted by molar-refractivity contribution is 0.922. The van der Waals surface area contributed by atoms with Crippen LogP contribution in [0.15, 0.2) is 42.7 Å². The van der Waals surface area contributed by atoms with Gasteiger partial charge in [0.05, 0.1) is 0 Å². The number of hydrogen-bond donors (Lipinski definition) is 1. The molecular formula is C13H14N2. The summed E-state index contributed by atoms with van der Waals surface area (Å²) in [6, 6.07) is 8.29. The van der Waals surface area contributed by atoms with Crippen molar-refractivity contribution in [1.29, 1.82) is 0 Å². The molecule has 0 unspecified atom stereocenters. The van der Waals surface area contributed by atoms with E-state index in [1.807, 2.05) is 25.5 Å². The first-order chi connectivity index (χ1) is 7.42. The van der Waals surface area contributed by atoms with Crippen molar-refractivity contribution in [2.75, 3.05) is 13.6 Å². The lowest BCUT2D eigenvalue weighted by Gasteiger charge is -2.00. The van der Waals surface area contributed by atoms with Crippen LogP contribution in [-0.2, 0) is 0 Å². The van der Waals surface area contributed by atoms with E-state index in [1.54, 1.807) is 0 Å². The Morgan fingerprint density at radius 2 is 2.13 bits per heavy atom. The zero-order valence-electron chi connectivity index (χ0n) is 8.77. The number of benzene rings is 1. The highest BCUT2D eigenvalue weighted by Gasteiger charge is 1.96. The maximum atomic E-state index is 4.22. The second-order valence-electron chi connectivity index (χ2n) is 3.41. The minimum atomic E-state index is 0.878. The minimum Gasteiger partial charge on any atom is -0.316 e. The Kier molecular flexibility index (Phi) is 3.10. The van der Waals surface area contributed by atoms with Crippen molar-refractivity contribution in [3.05, 3.63) is 48.3 Å². The number of nitrogens with one attached hydrogen (secondary N) is 1. The Balaban J connectivity index is 2.42. The van der Waals surface area contributed by atoms with Crippen LogP contribution in [0, 0.1) is 0 Å². The van der Waals surface area contributed by atoms with Crippen LogP contribution in [0.1, 0.15) is 5.56 Å². The van der Waals surface area contributed by atoms with E-state index in [1.165, 1.54) is 16.3 Å². The highest BCUT2D eigenvalue weighted by Crippen LogP contribution is 2.17. The summed E-state index contributed by atoms with van der Waals surface area (Å²) in [5.41, 5.74) is 1.17. The molecule has 0 aliphatic carbocycles. The normalized spacial score (nSPS) is 11.3. The first kappa shape index (κ1) is 9.87. The van der Waals surface area contributed by atoms with Gasteiger partial charge in [-0.3, -0.25) is 4.98 Å². The monoisotopic (exact) mass is 198 g/mol. The molecule has 2 heteroatoms. The van der Waals surface area contributed by atoms with E-state index in [9.17, 15) is 0 Å². The molecule has 15 heavy (non-hydrogen) atoms. The van der Waals surface area contributed by atoms with Crippen LogP contribution in [0.25, 0.3) is 16.8 Å². The predicted molar refractivity (Wildman–Crippen MR) is 64.7 cm³/mol. The Bertz CT molecular complexity index is 469. The smallest absolute Gasteiger partial charge is 0.0346 e. The second-order valence-corrected chi connectivity index (χ2v) is 3.41. The number of rotatable bonds is 3. The SMILES string of the molecule is CNCC=Cc1cncc2ccccc12. The number of fused-ring (bicyclic) bond motifs is 1. The zero-order valence-corrected chi connectivity index (χ0v) is 8.77. The topological polar surface area (TPSA) is 24.9 Å². The molecule has 0 saturated carbocycles. The van der Waals surface area contributed by atoms with Crippen LogP contribution >= 0.6 is 0 Å². The molecule has 0 saturated heterocycles. The van der Waals surface area contributed by atoms with Gasteiger partial charge in [0.15, 0.2) is 0 Å². The van der Waals surface area contributed by atoms with Gasteiger partial charge < -0.3 is 5.32 Å². The van der Waals surface area contributed by atoms with Crippen LogP contribution in [0.2, 0.25) is 0 Å². The molecule has 1 aromatic carbocycles. The highest BCUT2D eigenvalue weighted by molar-refractivity contribution is 5.89. The van der Waals surface area contributed by atoms with E-state index in [2.05, 4.69) is 40.7 Å². The summed E-state index contributed by atoms with van der Waals surface area (Å²) < 4.78 is 0. The molecule has 1 aromatic heterocycles. The van der Waals surface area contributed by atoms with Crippen LogP contribution in [0.3, 0.4) is 0 Å². The fourth-order valence-corrected chi connectivity index (χ4v) is 1.58. The first-order valence-electron chi connectivity index (χ1n) is 5.05. The van der Waals surface area contributed by atoms with Crippen LogP contribution in [0.5, 0.6) is 0 Å². The summed E-state index contributed by atoms with van der Waals surface area (Å²) in [6.07, 6.45) is 7.99. The van der Waals surface area contributed by atoms with Crippen molar-refractivity contribution < 1.29 is 0 Å². The lowest BCUT2D eigenvalue weighted by atomic mass is 10.1. The maximum absolute atomic E-state index is 4.22. The Morgan fingerprint density at radius 3 is 3.00 bits per heavy atom. The largest absolute Gasteiger partial charge is 0.316 e. The van der Waals surface area contributed by atoms with Gasteiger partial charge >= 0.3 is 0 Å². The van der Waals surface area contributed by atoms with Crippen molar-refractivity contribution in [3.63, 3.8) is 0 Å². The molecule has 1 heterocycles. The molecule has 2 rings (SSSR count). The third-order valence-corrected chi connectivity index (χ3v) is 2.32. The summed E-state index contributed by atoms with van der Waals surface area (Å²) in [5.74, 6) is 0. The van der Waals surface area contributed by atoms with Gasteiger partial charge in [-0.25, -0.2) is 0 Å². The zero-order chi connectivity index (χ0) is 10.5. The van der Waals surface area contributed by atoms with Gasteiger partial charge in [0, 0.05) is 29.9 Å². The summed E-state index contributed by atoms with van der Waals surface area (Å²) in [7, 11) is 1.94. The number of pyridine rings is 1. The number of hydrogen-bond acceptors (Lipinski definition) is 2. The third-order valence-electron chi connectivity index (χ3n) is 2.32. The summed E-state index contributed by atoms with van der Waals surface area (Å²) in [4.78, 5) is 4.22. The molecular weight excluding hydrogens is 184 g/mol. The molecule has 0 aliphatic heterocycles.